The van der Waals surface area contributed by atoms with Crippen molar-refractivity contribution in [2.45, 2.75) is 32.0 Å². The molecule has 0 spiro atoms. The molecule has 1 aliphatic rings. The standard InChI is InChI=1S/C25H22F2N8OS.C2H6/c1-12(14-5-4-8-29-22(14)28)35-9-10-36-24-17-20(32-25(37-3)33-23(17)35)18(27)19(31-24)16-15(26)7-6-13-11-30-34(2)21(13)16;1-2/h4-8,11-12H,9-10H2,1-3H3,(H2,28,29);1-2H3. The maximum Gasteiger partial charge on any atom is 0.227 e. The number of fused-ring (bicyclic) bond motifs is 1. The fraction of sp³-hybridized carbons (Fsp3) is 0.296. The number of nitrogens with zero attached hydrogens (tertiary/aromatic N) is 7. The van der Waals surface area contributed by atoms with Crippen molar-refractivity contribution in [3.63, 3.8) is 0 Å². The van der Waals surface area contributed by atoms with Crippen molar-refractivity contribution in [3.05, 3.63) is 53.9 Å². The molecule has 1 aromatic carbocycles. The van der Waals surface area contributed by atoms with Crippen molar-refractivity contribution >= 4 is 45.2 Å². The number of hydrogen-bond donors (Lipinski definition) is 1. The van der Waals surface area contributed by atoms with E-state index in [1.54, 1.807) is 25.5 Å². The molecule has 9 nitrogen and oxygen atoms in total. The molecule has 12 heteroatoms. The summed E-state index contributed by atoms with van der Waals surface area (Å²) in [6.45, 7) is 6.64. The first-order valence-electron chi connectivity index (χ1n) is 12.5. The van der Waals surface area contributed by atoms with Crippen molar-refractivity contribution < 1.29 is 13.5 Å². The Labute approximate surface area is 228 Å². The van der Waals surface area contributed by atoms with Crippen LogP contribution in [0.15, 0.2) is 41.8 Å². The zero-order chi connectivity index (χ0) is 27.8. The van der Waals surface area contributed by atoms with E-state index in [0.717, 1.165) is 5.56 Å². The van der Waals surface area contributed by atoms with E-state index in [1.165, 1.54) is 22.5 Å². The van der Waals surface area contributed by atoms with Crippen LogP contribution in [0.3, 0.4) is 0 Å². The van der Waals surface area contributed by atoms with Crippen LogP contribution in [0.25, 0.3) is 33.1 Å². The lowest BCUT2D eigenvalue weighted by Crippen LogP contribution is -2.31. The van der Waals surface area contributed by atoms with Gasteiger partial charge in [-0.1, -0.05) is 31.7 Å². The van der Waals surface area contributed by atoms with Crippen LogP contribution in [0.4, 0.5) is 20.4 Å². The third-order valence-corrected chi connectivity index (χ3v) is 7.16. The number of nitrogen functional groups attached to an aromatic ring is 1. The summed E-state index contributed by atoms with van der Waals surface area (Å²) in [6, 6.07) is 6.34. The number of anilines is 2. The zero-order valence-corrected chi connectivity index (χ0v) is 23.1. The Bertz CT molecular complexity index is 1690. The van der Waals surface area contributed by atoms with Crippen molar-refractivity contribution in [3.8, 4) is 17.1 Å². The van der Waals surface area contributed by atoms with Gasteiger partial charge in [0, 0.05) is 24.2 Å². The molecule has 0 saturated heterocycles. The summed E-state index contributed by atoms with van der Waals surface area (Å²) in [5, 5.41) is 5.55. The minimum atomic E-state index is -0.760. The first-order valence-corrected chi connectivity index (χ1v) is 13.8. The summed E-state index contributed by atoms with van der Waals surface area (Å²) in [7, 11) is 1.67. The van der Waals surface area contributed by atoms with Crippen LogP contribution in [0, 0.1) is 11.6 Å². The Morgan fingerprint density at radius 2 is 1.92 bits per heavy atom. The summed E-state index contributed by atoms with van der Waals surface area (Å²) >= 11 is 1.28. The first kappa shape index (κ1) is 26.5. The minimum absolute atomic E-state index is 0.000202. The Balaban J connectivity index is 0.00000151. The molecule has 5 aromatic rings. The van der Waals surface area contributed by atoms with Crippen LogP contribution in [0.1, 0.15) is 32.4 Å². The number of rotatable bonds is 4. The molecule has 0 fully saturated rings. The van der Waals surface area contributed by atoms with Gasteiger partial charge in [0.25, 0.3) is 0 Å². The summed E-state index contributed by atoms with van der Waals surface area (Å²) in [5.74, 6) is -0.375. The average molecular weight is 551 g/mol. The predicted molar refractivity (Wildman–Crippen MR) is 150 cm³/mol. The van der Waals surface area contributed by atoms with Gasteiger partial charge in [0.15, 0.2) is 11.0 Å². The molecule has 2 N–H and O–H groups in total. The maximum atomic E-state index is 16.3. The molecule has 0 amide bonds. The van der Waals surface area contributed by atoms with Gasteiger partial charge in [-0.25, -0.2) is 28.7 Å². The van der Waals surface area contributed by atoms with Gasteiger partial charge in [0.2, 0.25) is 5.88 Å². The number of benzene rings is 1. The van der Waals surface area contributed by atoms with Gasteiger partial charge in [0.05, 0.1) is 29.9 Å². The van der Waals surface area contributed by atoms with Crippen LogP contribution < -0.4 is 15.4 Å². The number of aryl methyl sites for hydroxylation is 1. The fourth-order valence-electron chi connectivity index (χ4n) is 4.81. The quantitative estimate of drug-likeness (QED) is 0.228. The second kappa shape index (κ2) is 10.6. The third kappa shape index (κ3) is 4.38. The number of thioether (sulfide) groups is 1. The molecule has 0 bridgehead atoms. The van der Waals surface area contributed by atoms with E-state index in [9.17, 15) is 0 Å². The second-order valence-electron chi connectivity index (χ2n) is 8.66. The number of aromatic nitrogens is 6. The molecule has 0 saturated carbocycles. The molecule has 0 aliphatic carbocycles. The third-order valence-electron chi connectivity index (χ3n) is 6.62. The summed E-state index contributed by atoms with van der Waals surface area (Å²) in [5.41, 5.74) is 7.21. The number of ether oxygens (including phenoxy) is 1. The van der Waals surface area contributed by atoms with Gasteiger partial charge >= 0.3 is 0 Å². The van der Waals surface area contributed by atoms with E-state index < -0.39 is 11.6 Å². The predicted octanol–water partition coefficient (Wildman–Crippen LogP) is 5.54. The van der Waals surface area contributed by atoms with Crippen LogP contribution in [-0.2, 0) is 7.05 Å². The van der Waals surface area contributed by atoms with Gasteiger partial charge < -0.3 is 15.4 Å². The van der Waals surface area contributed by atoms with Crippen molar-refractivity contribution in [2.75, 3.05) is 30.0 Å². The van der Waals surface area contributed by atoms with Gasteiger partial charge in [-0.2, -0.15) is 5.10 Å². The highest BCUT2D eigenvalue weighted by Crippen LogP contribution is 2.43. The Morgan fingerprint density at radius 3 is 2.67 bits per heavy atom. The lowest BCUT2D eigenvalue weighted by Gasteiger charge is -2.30. The SMILES string of the molecule is CC.CSc1nc2c3c(nc(-c4c(F)ccc5cnn(C)c45)c(F)c3n1)OCCN2C(C)c1cccnc1N. The molecule has 5 heterocycles. The maximum absolute atomic E-state index is 16.3. The Kier molecular flexibility index (Phi) is 7.21. The molecule has 1 atom stereocenters. The van der Waals surface area contributed by atoms with E-state index in [4.69, 9.17) is 15.5 Å². The summed E-state index contributed by atoms with van der Waals surface area (Å²) in [6.07, 6.45) is 5.03. The Morgan fingerprint density at radius 1 is 1.13 bits per heavy atom. The lowest BCUT2D eigenvalue weighted by molar-refractivity contribution is 0.316. The van der Waals surface area contributed by atoms with Gasteiger partial charge in [0.1, 0.15) is 40.7 Å². The number of hydrogen-bond acceptors (Lipinski definition) is 9. The van der Waals surface area contributed by atoms with Crippen molar-refractivity contribution in [1.29, 1.82) is 0 Å². The topological polar surface area (TPSA) is 108 Å². The fourth-order valence-corrected chi connectivity index (χ4v) is 5.17. The number of nitrogens with two attached hydrogens (primary N) is 1. The first-order chi connectivity index (χ1) is 18.9. The Hall–Kier alpha value is -4.06. The molecule has 0 radical (unpaired) electrons. The van der Waals surface area contributed by atoms with Crippen molar-refractivity contribution in [1.82, 2.24) is 29.7 Å². The smallest absolute Gasteiger partial charge is 0.227 e. The van der Waals surface area contributed by atoms with Gasteiger partial charge in [-0.15, -0.1) is 0 Å². The van der Waals surface area contributed by atoms with Crippen LogP contribution in [-0.4, -0.2) is 49.1 Å². The summed E-state index contributed by atoms with van der Waals surface area (Å²) < 4.78 is 39.1. The lowest BCUT2D eigenvalue weighted by atomic mass is 10.0. The molecule has 1 aliphatic heterocycles. The normalized spacial score (nSPS) is 13.6. The molecule has 39 heavy (non-hydrogen) atoms. The number of pyridine rings is 2. The average Bonchev–Trinajstić information content (AvgIpc) is 3.23. The zero-order valence-electron chi connectivity index (χ0n) is 22.2. The van der Waals surface area contributed by atoms with E-state index in [-0.39, 0.29) is 35.3 Å². The van der Waals surface area contributed by atoms with E-state index >= 15 is 8.78 Å². The highest BCUT2D eigenvalue weighted by Gasteiger charge is 2.31. The highest BCUT2D eigenvalue weighted by molar-refractivity contribution is 7.98. The molecular formula is C27H28F2N8OS. The molecule has 6 rings (SSSR count). The highest BCUT2D eigenvalue weighted by atomic mass is 32.2. The van der Waals surface area contributed by atoms with Gasteiger partial charge in [-0.05, 0) is 31.4 Å². The van der Waals surface area contributed by atoms with E-state index in [0.29, 0.717) is 39.6 Å². The van der Waals surface area contributed by atoms with Crippen LogP contribution in [0.5, 0.6) is 5.88 Å². The minimum Gasteiger partial charge on any atom is -0.475 e. The second-order valence-corrected chi connectivity index (χ2v) is 9.43. The largest absolute Gasteiger partial charge is 0.475 e. The molecular weight excluding hydrogens is 522 g/mol. The molecule has 1 unspecified atom stereocenters. The van der Waals surface area contributed by atoms with E-state index in [1.807, 2.05) is 44.1 Å². The number of halogens is 2. The summed E-state index contributed by atoms with van der Waals surface area (Å²) in [4.78, 5) is 19.9. The van der Waals surface area contributed by atoms with Crippen molar-refractivity contribution in [2.24, 2.45) is 7.05 Å². The van der Waals surface area contributed by atoms with E-state index in [2.05, 4.69) is 20.1 Å². The van der Waals surface area contributed by atoms with Crippen LogP contribution in [0.2, 0.25) is 0 Å². The molecule has 4 aromatic heterocycles. The van der Waals surface area contributed by atoms with Gasteiger partial charge in [-0.3, -0.25) is 4.68 Å². The monoisotopic (exact) mass is 550 g/mol. The van der Waals surface area contributed by atoms with Crippen LogP contribution >= 0.6 is 11.8 Å². The molecule has 202 valence electrons.